The lowest BCUT2D eigenvalue weighted by Crippen LogP contribution is -1.98. The smallest absolute Gasteiger partial charge is 0.346 e. The first kappa shape index (κ1) is 12.3. The zero-order valence-corrected chi connectivity index (χ0v) is 9.98. The summed E-state index contributed by atoms with van der Waals surface area (Å²) in [5.74, 6) is -0.748. The number of nitriles is 1. The van der Waals surface area contributed by atoms with Gasteiger partial charge in [0.05, 0.1) is 7.11 Å². The Balaban J connectivity index is 3.27. The van der Waals surface area contributed by atoms with Crippen molar-refractivity contribution in [3.05, 3.63) is 33.8 Å². The predicted molar refractivity (Wildman–Crippen MR) is 61.9 cm³/mol. The molecule has 0 heterocycles. The predicted octanol–water partition coefficient (Wildman–Crippen LogP) is 2.45. The normalized spacial score (nSPS) is 10.7. The Labute approximate surface area is 101 Å². The minimum absolute atomic E-state index is 0.337. The van der Waals surface area contributed by atoms with Gasteiger partial charge in [0.25, 0.3) is 0 Å². The van der Waals surface area contributed by atoms with E-state index < -0.39 is 5.97 Å². The van der Waals surface area contributed by atoms with E-state index in [-0.39, 0.29) is 5.57 Å². The first-order valence-corrected chi connectivity index (χ1v) is 5.06. The van der Waals surface area contributed by atoms with Crippen LogP contribution in [0, 0.1) is 11.3 Å². The Morgan fingerprint density at radius 2 is 2.31 bits per heavy atom. The van der Waals surface area contributed by atoms with Crippen molar-refractivity contribution in [1.29, 1.82) is 5.26 Å². The maximum atomic E-state index is 10.7. The Bertz CT molecular complexity index is 488. The van der Waals surface area contributed by atoms with Gasteiger partial charge in [0.1, 0.15) is 17.4 Å². The molecular weight excluding hydrogens is 274 g/mol. The molecule has 0 bridgehead atoms. The molecule has 0 aliphatic heterocycles. The van der Waals surface area contributed by atoms with Crippen molar-refractivity contribution in [2.45, 2.75) is 0 Å². The van der Waals surface area contributed by atoms with Crippen LogP contribution >= 0.6 is 15.9 Å². The molecule has 0 fully saturated rings. The number of hydrogen-bond donors (Lipinski definition) is 1. The van der Waals surface area contributed by atoms with Gasteiger partial charge in [-0.1, -0.05) is 15.9 Å². The van der Waals surface area contributed by atoms with Crippen LogP contribution in [0.3, 0.4) is 0 Å². The number of rotatable bonds is 3. The maximum absolute atomic E-state index is 10.7. The summed E-state index contributed by atoms with van der Waals surface area (Å²) in [5.41, 5.74) is 0.201. The van der Waals surface area contributed by atoms with Gasteiger partial charge in [-0.15, -0.1) is 0 Å². The van der Waals surface area contributed by atoms with E-state index in [1.165, 1.54) is 13.2 Å². The highest BCUT2D eigenvalue weighted by Crippen LogP contribution is 2.25. The lowest BCUT2D eigenvalue weighted by molar-refractivity contribution is -0.132. The number of nitrogens with zero attached hydrogens (tertiary/aromatic N) is 1. The lowest BCUT2D eigenvalue weighted by atomic mass is 10.1. The first-order chi connectivity index (χ1) is 7.58. The number of hydrogen-bond acceptors (Lipinski definition) is 3. The highest BCUT2D eigenvalue weighted by atomic mass is 79.9. The van der Waals surface area contributed by atoms with Crippen LogP contribution in [0.2, 0.25) is 0 Å². The average Bonchev–Trinajstić information content (AvgIpc) is 2.25. The molecule has 0 aliphatic rings. The van der Waals surface area contributed by atoms with E-state index in [9.17, 15) is 4.79 Å². The third-order valence-corrected chi connectivity index (χ3v) is 2.34. The van der Waals surface area contributed by atoms with Gasteiger partial charge in [-0.2, -0.15) is 5.26 Å². The van der Waals surface area contributed by atoms with Crippen LogP contribution in [-0.2, 0) is 4.79 Å². The fourth-order valence-corrected chi connectivity index (χ4v) is 1.49. The molecule has 82 valence electrons. The number of carbonyl (C=O) groups is 1. The van der Waals surface area contributed by atoms with Crippen molar-refractivity contribution in [3.63, 3.8) is 0 Å². The van der Waals surface area contributed by atoms with Crippen LogP contribution in [0.1, 0.15) is 5.56 Å². The molecule has 16 heavy (non-hydrogen) atoms. The summed E-state index contributed by atoms with van der Waals surface area (Å²) in [4.78, 5) is 10.7. The van der Waals surface area contributed by atoms with Gasteiger partial charge in [-0.3, -0.25) is 0 Å². The molecule has 0 amide bonds. The largest absolute Gasteiger partial charge is 0.496 e. The molecule has 1 aromatic carbocycles. The van der Waals surface area contributed by atoms with E-state index in [4.69, 9.17) is 15.1 Å². The Morgan fingerprint density at radius 3 is 2.81 bits per heavy atom. The van der Waals surface area contributed by atoms with E-state index in [0.29, 0.717) is 11.3 Å². The van der Waals surface area contributed by atoms with E-state index in [2.05, 4.69) is 15.9 Å². The van der Waals surface area contributed by atoms with Gasteiger partial charge in [-0.05, 0) is 24.3 Å². The topological polar surface area (TPSA) is 70.3 Å². The summed E-state index contributed by atoms with van der Waals surface area (Å²) in [5, 5.41) is 17.4. The van der Waals surface area contributed by atoms with E-state index in [1.807, 2.05) is 0 Å². The van der Waals surface area contributed by atoms with Crippen LogP contribution in [0.25, 0.3) is 6.08 Å². The van der Waals surface area contributed by atoms with Crippen LogP contribution in [0.4, 0.5) is 0 Å². The molecule has 0 aromatic heterocycles. The van der Waals surface area contributed by atoms with Crippen molar-refractivity contribution in [1.82, 2.24) is 0 Å². The second-order valence-corrected chi connectivity index (χ2v) is 3.78. The molecular formula is C11H8BrNO3. The molecule has 5 heteroatoms. The maximum Gasteiger partial charge on any atom is 0.346 e. The molecule has 1 rings (SSSR count). The van der Waals surface area contributed by atoms with Gasteiger partial charge >= 0.3 is 5.97 Å². The summed E-state index contributed by atoms with van der Waals surface area (Å²) in [6.45, 7) is 0. The standard InChI is InChI=1S/C11H8BrNO3/c1-16-10-3-2-9(12)5-7(10)4-8(6-13)11(14)15/h2-5H,1H3,(H,14,15)/b8-4-. The van der Waals surface area contributed by atoms with Crippen LogP contribution in [0.5, 0.6) is 5.75 Å². The quantitative estimate of drug-likeness (QED) is 0.682. The third-order valence-electron chi connectivity index (χ3n) is 1.84. The fourth-order valence-electron chi connectivity index (χ4n) is 1.12. The highest BCUT2D eigenvalue weighted by molar-refractivity contribution is 9.10. The second kappa shape index (κ2) is 5.33. The van der Waals surface area contributed by atoms with Gasteiger partial charge in [0.15, 0.2) is 0 Å². The number of carboxylic acid groups (broad SMARTS) is 1. The molecule has 0 radical (unpaired) electrons. The number of methoxy groups -OCH3 is 1. The SMILES string of the molecule is COc1ccc(Br)cc1/C=C(/C#N)C(=O)O. The molecule has 0 saturated carbocycles. The minimum atomic E-state index is -1.26. The van der Waals surface area contributed by atoms with Gasteiger partial charge in [0, 0.05) is 10.0 Å². The summed E-state index contributed by atoms with van der Waals surface area (Å²) in [7, 11) is 1.48. The molecule has 4 nitrogen and oxygen atoms in total. The van der Waals surface area contributed by atoms with Gasteiger partial charge < -0.3 is 9.84 Å². The zero-order chi connectivity index (χ0) is 12.1. The summed E-state index contributed by atoms with van der Waals surface area (Å²) < 4.78 is 5.84. The van der Waals surface area contributed by atoms with Crippen molar-refractivity contribution in [2.24, 2.45) is 0 Å². The Morgan fingerprint density at radius 1 is 1.62 bits per heavy atom. The minimum Gasteiger partial charge on any atom is -0.496 e. The van der Waals surface area contributed by atoms with Crippen molar-refractivity contribution < 1.29 is 14.6 Å². The molecule has 0 saturated heterocycles. The molecule has 0 spiro atoms. The third kappa shape index (κ3) is 2.84. The Hall–Kier alpha value is -1.80. The highest BCUT2D eigenvalue weighted by Gasteiger charge is 2.08. The molecule has 1 aromatic rings. The average molecular weight is 282 g/mol. The number of carboxylic acids is 1. The zero-order valence-electron chi connectivity index (χ0n) is 8.40. The number of halogens is 1. The monoisotopic (exact) mass is 281 g/mol. The summed E-state index contributed by atoms with van der Waals surface area (Å²) >= 11 is 3.26. The van der Waals surface area contributed by atoms with Crippen molar-refractivity contribution >= 4 is 28.0 Å². The fraction of sp³-hybridized carbons (Fsp3) is 0.0909. The first-order valence-electron chi connectivity index (χ1n) is 4.27. The van der Waals surface area contributed by atoms with E-state index in [0.717, 1.165) is 4.47 Å². The second-order valence-electron chi connectivity index (χ2n) is 2.86. The molecule has 0 atom stereocenters. The van der Waals surface area contributed by atoms with Gasteiger partial charge in [0.2, 0.25) is 0 Å². The van der Waals surface area contributed by atoms with Gasteiger partial charge in [-0.25, -0.2) is 4.79 Å². The number of benzene rings is 1. The van der Waals surface area contributed by atoms with Crippen molar-refractivity contribution in [3.8, 4) is 11.8 Å². The molecule has 1 N–H and O–H groups in total. The number of aliphatic carboxylic acids is 1. The van der Waals surface area contributed by atoms with Crippen LogP contribution in [-0.4, -0.2) is 18.2 Å². The molecule has 0 aliphatic carbocycles. The van der Waals surface area contributed by atoms with E-state index in [1.54, 1.807) is 24.3 Å². The van der Waals surface area contributed by atoms with Crippen LogP contribution < -0.4 is 4.74 Å². The van der Waals surface area contributed by atoms with Crippen LogP contribution in [0.15, 0.2) is 28.2 Å². The van der Waals surface area contributed by atoms with E-state index >= 15 is 0 Å². The van der Waals surface area contributed by atoms with Crippen molar-refractivity contribution in [2.75, 3.05) is 7.11 Å². The number of ether oxygens (including phenoxy) is 1. The summed E-state index contributed by atoms with van der Waals surface area (Å²) in [6, 6.07) is 6.75. The molecule has 0 unspecified atom stereocenters. The summed E-state index contributed by atoms with van der Waals surface area (Å²) in [6.07, 6.45) is 1.27. The lowest BCUT2D eigenvalue weighted by Gasteiger charge is -2.05. The Kier molecular flexibility index (Phi) is 4.09.